The van der Waals surface area contributed by atoms with Gasteiger partial charge in [0.05, 0.1) is 26.4 Å². The summed E-state index contributed by atoms with van der Waals surface area (Å²) in [5.41, 5.74) is 0. The van der Waals surface area contributed by atoms with Crippen molar-refractivity contribution in [2.24, 2.45) is 11.8 Å². The van der Waals surface area contributed by atoms with E-state index in [1.807, 2.05) is 0 Å². The molecule has 0 aromatic heterocycles. The first kappa shape index (κ1) is 93.1. The van der Waals surface area contributed by atoms with Crippen molar-refractivity contribution in [1.29, 1.82) is 0 Å². The van der Waals surface area contributed by atoms with E-state index in [-0.39, 0.29) is 25.7 Å². The van der Waals surface area contributed by atoms with Crippen LogP contribution in [0, 0.1) is 11.8 Å². The van der Waals surface area contributed by atoms with E-state index >= 15 is 0 Å². The zero-order chi connectivity index (χ0) is 70.0. The average molecular weight is 1400 g/mol. The Morgan fingerprint density at radius 2 is 0.537 bits per heavy atom. The summed E-state index contributed by atoms with van der Waals surface area (Å²) in [4.78, 5) is 72.5. The standard InChI is InChI=1S/C76H148O17P2/c1-7-10-12-14-15-16-17-18-19-25-28-31-36-41-47-53-59-74(79)87-65-72(93-75(80)60-54-48-42-37-32-29-26-23-21-20-22-24-27-30-35-40-46-51-57-69(6)9-3)67-91-95(84,85)89-63-70(77)62-88-94(82,83)90-66-71(64-86-73(78)58-52-44-13-11-8-2)92-76(81)61-55-49-43-38-33-34-39-45-50-56-68(4)5/h68-72,77H,7-67H2,1-6H3,(H,82,83)(H,84,85)/t69?,70-,71+,72+/m0/s1. The molecule has 0 saturated heterocycles. The molecule has 6 atom stereocenters. The summed E-state index contributed by atoms with van der Waals surface area (Å²) >= 11 is 0. The zero-order valence-corrected chi connectivity index (χ0v) is 63.8. The number of phosphoric acid groups is 2. The number of esters is 4. The van der Waals surface area contributed by atoms with Crippen LogP contribution >= 0.6 is 15.6 Å². The number of hydrogen-bond acceptors (Lipinski definition) is 15. The molecule has 0 aliphatic rings. The van der Waals surface area contributed by atoms with Gasteiger partial charge < -0.3 is 33.8 Å². The molecule has 0 aromatic carbocycles. The van der Waals surface area contributed by atoms with E-state index < -0.39 is 97.5 Å². The van der Waals surface area contributed by atoms with Gasteiger partial charge in [-0.3, -0.25) is 37.3 Å². The van der Waals surface area contributed by atoms with Crippen LogP contribution in [0.4, 0.5) is 0 Å². The smallest absolute Gasteiger partial charge is 0.462 e. The van der Waals surface area contributed by atoms with Crippen molar-refractivity contribution < 1.29 is 80.2 Å². The van der Waals surface area contributed by atoms with E-state index in [0.29, 0.717) is 25.7 Å². The molecule has 0 rings (SSSR count). The van der Waals surface area contributed by atoms with Gasteiger partial charge in [-0.1, -0.05) is 343 Å². The highest BCUT2D eigenvalue weighted by atomic mass is 31.2. The molecule has 0 radical (unpaired) electrons. The van der Waals surface area contributed by atoms with Crippen molar-refractivity contribution in [3.05, 3.63) is 0 Å². The van der Waals surface area contributed by atoms with Crippen LogP contribution in [0.1, 0.15) is 395 Å². The van der Waals surface area contributed by atoms with Crippen molar-refractivity contribution in [3.8, 4) is 0 Å². The first-order valence-electron chi connectivity index (χ1n) is 39.5. The molecule has 19 heteroatoms. The summed E-state index contributed by atoms with van der Waals surface area (Å²) in [6, 6.07) is 0. The topological polar surface area (TPSA) is 237 Å². The number of unbranched alkanes of at least 4 members (excludes halogenated alkanes) is 44. The third kappa shape index (κ3) is 69.0. The molecular weight excluding hydrogens is 1250 g/mol. The number of hydrogen-bond donors (Lipinski definition) is 3. The Balaban J connectivity index is 5.12. The van der Waals surface area contributed by atoms with Gasteiger partial charge in [0.15, 0.2) is 12.2 Å². The van der Waals surface area contributed by atoms with Crippen LogP contribution < -0.4 is 0 Å². The highest BCUT2D eigenvalue weighted by Gasteiger charge is 2.30. The van der Waals surface area contributed by atoms with E-state index in [1.165, 1.54) is 205 Å². The predicted molar refractivity (Wildman–Crippen MR) is 386 cm³/mol. The van der Waals surface area contributed by atoms with E-state index in [9.17, 15) is 43.2 Å². The SMILES string of the molecule is CCCCCCCCCCCCCCCCCCC(=O)OC[C@H](COP(=O)(O)OC[C@@H](O)COP(=O)(O)OC[C@@H](COC(=O)CCCCCCC)OC(=O)CCCCCCCCCCCC(C)C)OC(=O)CCCCCCCCCCCCCCCCCCCCC(C)CC. The quantitative estimate of drug-likeness (QED) is 0.0222. The van der Waals surface area contributed by atoms with Crippen LogP contribution in [0.15, 0.2) is 0 Å². The molecule has 0 amide bonds. The van der Waals surface area contributed by atoms with Crippen LogP contribution in [0.5, 0.6) is 0 Å². The van der Waals surface area contributed by atoms with Crippen LogP contribution in [0.2, 0.25) is 0 Å². The second-order valence-electron chi connectivity index (χ2n) is 28.1. The van der Waals surface area contributed by atoms with Gasteiger partial charge >= 0.3 is 39.5 Å². The lowest BCUT2D eigenvalue weighted by atomic mass is 9.99. The molecule has 0 heterocycles. The highest BCUT2D eigenvalue weighted by Crippen LogP contribution is 2.45. The Morgan fingerprint density at radius 3 is 0.800 bits per heavy atom. The first-order chi connectivity index (χ1) is 45.9. The lowest BCUT2D eigenvalue weighted by molar-refractivity contribution is -0.161. The third-order valence-corrected chi connectivity index (χ3v) is 20.0. The van der Waals surface area contributed by atoms with Crippen molar-refractivity contribution in [3.63, 3.8) is 0 Å². The average Bonchev–Trinajstić information content (AvgIpc) is 1.48. The van der Waals surface area contributed by atoms with Crippen molar-refractivity contribution in [2.45, 2.75) is 413 Å². The summed E-state index contributed by atoms with van der Waals surface area (Å²) in [7, 11) is -9.90. The second-order valence-corrected chi connectivity index (χ2v) is 31.0. The van der Waals surface area contributed by atoms with Crippen LogP contribution in [0.3, 0.4) is 0 Å². The van der Waals surface area contributed by atoms with Gasteiger partial charge in [-0.15, -0.1) is 0 Å². The lowest BCUT2D eigenvalue weighted by Gasteiger charge is -2.21. The number of aliphatic hydroxyl groups is 1. The maximum absolute atomic E-state index is 13.1. The number of carbonyl (C=O) groups excluding carboxylic acids is 4. The molecule has 0 aliphatic carbocycles. The molecule has 0 aromatic rings. The van der Waals surface area contributed by atoms with Crippen molar-refractivity contribution in [1.82, 2.24) is 0 Å². The van der Waals surface area contributed by atoms with E-state index in [1.54, 1.807) is 0 Å². The first-order valence-corrected chi connectivity index (χ1v) is 42.5. The number of ether oxygens (including phenoxy) is 4. The fourth-order valence-electron chi connectivity index (χ4n) is 11.6. The summed E-state index contributed by atoms with van der Waals surface area (Å²) in [6.45, 7) is 9.55. The third-order valence-electron chi connectivity index (χ3n) is 18.1. The minimum atomic E-state index is -4.96. The largest absolute Gasteiger partial charge is 0.472 e. The molecule has 0 spiro atoms. The minimum absolute atomic E-state index is 0.105. The number of rotatable bonds is 75. The molecule has 0 saturated carbocycles. The Kier molecular flexibility index (Phi) is 66.5. The Labute approximate surface area is 581 Å². The molecule has 0 fully saturated rings. The molecule has 3 unspecified atom stereocenters. The maximum atomic E-state index is 13.1. The number of carbonyl (C=O) groups is 4. The normalized spacial score (nSPS) is 14.3. The fourth-order valence-corrected chi connectivity index (χ4v) is 13.2. The zero-order valence-electron chi connectivity index (χ0n) is 62.0. The van der Waals surface area contributed by atoms with Crippen molar-refractivity contribution >= 4 is 39.5 Å². The predicted octanol–water partition coefficient (Wildman–Crippen LogP) is 22.3. The summed E-state index contributed by atoms with van der Waals surface area (Å²) in [6.07, 6.45) is 56.0. The van der Waals surface area contributed by atoms with Crippen LogP contribution in [-0.4, -0.2) is 96.7 Å². The highest BCUT2D eigenvalue weighted by molar-refractivity contribution is 7.47. The summed E-state index contributed by atoms with van der Waals surface area (Å²) in [5.74, 6) is -0.520. The van der Waals surface area contributed by atoms with E-state index in [4.69, 9.17) is 37.0 Å². The van der Waals surface area contributed by atoms with Crippen molar-refractivity contribution in [2.75, 3.05) is 39.6 Å². The summed E-state index contributed by atoms with van der Waals surface area (Å²) in [5, 5.41) is 10.6. The molecule has 95 heavy (non-hydrogen) atoms. The van der Waals surface area contributed by atoms with Gasteiger partial charge in [-0.2, -0.15) is 0 Å². The van der Waals surface area contributed by atoms with Gasteiger partial charge in [-0.05, 0) is 37.5 Å². The number of aliphatic hydroxyl groups excluding tert-OH is 1. The van der Waals surface area contributed by atoms with Gasteiger partial charge in [0.25, 0.3) is 0 Å². The number of phosphoric ester groups is 2. The Morgan fingerprint density at radius 1 is 0.305 bits per heavy atom. The van der Waals surface area contributed by atoms with Crippen LogP contribution in [0.25, 0.3) is 0 Å². The van der Waals surface area contributed by atoms with Gasteiger partial charge in [-0.25, -0.2) is 9.13 Å². The van der Waals surface area contributed by atoms with Crippen LogP contribution in [-0.2, 0) is 65.4 Å². The van der Waals surface area contributed by atoms with Gasteiger partial charge in [0.2, 0.25) is 0 Å². The van der Waals surface area contributed by atoms with Gasteiger partial charge in [0.1, 0.15) is 19.3 Å². The van der Waals surface area contributed by atoms with E-state index in [2.05, 4.69) is 41.5 Å². The molecule has 0 aliphatic heterocycles. The summed E-state index contributed by atoms with van der Waals surface area (Å²) < 4.78 is 68.3. The molecule has 564 valence electrons. The van der Waals surface area contributed by atoms with Gasteiger partial charge in [0, 0.05) is 25.7 Å². The second kappa shape index (κ2) is 67.9. The lowest BCUT2D eigenvalue weighted by Crippen LogP contribution is -2.30. The molecule has 17 nitrogen and oxygen atoms in total. The molecule has 3 N–H and O–H groups in total. The Bertz CT molecular complexity index is 1840. The fraction of sp³-hybridized carbons (Fsp3) is 0.947. The molecular formula is C76H148O17P2. The van der Waals surface area contributed by atoms with E-state index in [0.717, 1.165) is 108 Å². The Hall–Kier alpha value is -1.94. The minimum Gasteiger partial charge on any atom is -0.462 e. The maximum Gasteiger partial charge on any atom is 0.472 e. The molecule has 0 bridgehead atoms. The monoisotopic (exact) mass is 1400 g/mol.